The second-order valence-electron chi connectivity index (χ2n) is 6.73. The lowest BCUT2D eigenvalue weighted by Gasteiger charge is -2.29. The Labute approximate surface area is 146 Å². The maximum absolute atomic E-state index is 13.0. The van der Waals surface area contributed by atoms with E-state index >= 15 is 0 Å². The van der Waals surface area contributed by atoms with Gasteiger partial charge in [0.05, 0.1) is 6.54 Å². The summed E-state index contributed by atoms with van der Waals surface area (Å²) < 4.78 is 18.3. The van der Waals surface area contributed by atoms with Crippen molar-refractivity contribution in [2.45, 2.75) is 31.8 Å². The molecule has 2 N–H and O–H groups in total. The van der Waals surface area contributed by atoms with E-state index < -0.39 is 0 Å². The van der Waals surface area contributed by atoms with Crippen LogP contribution in [0.1, 0.15) is 25.2 Å². The third-order valence-corrected chi connectivity index (χ3v) is 5.16. The summed E-state index contributed by atoms with van der Waals surface area (Å²) in [6.45, 7) is 2.74. The van der Waals surface area contributed by atoms with Crippen LogP contribution in [-0.4, -0.2) is 34.2 Å². The highest BCUT2D eigenvalue weighted by Gasteiger charge is 2.38. The van der Waals surface area contributed by atoms with Gasteiger partial charge in [-0.15, -0.1) is 12.4 Å². The van der Waals surface area contributed by atoms with Crippen LogP contribution in [-0.2, 0) is 6.54 Å². The summed E-state index contributed by atoms with van der Waals surface area (Å²) in [6.07, 6.45) is 3.66. The highest BCUT2D eigenvalue weighted by molar-refractivity contribution is 5.85. The van der Waals surface area contributed by atoms with Gasteiger partial charge in [0.2, 0.25) is 11.7 Å². The van der Waals surface area contributed by atoms with Gasteiger partial charge in [0.25, 0.3) is 0 Å². The Hall–Kier alpha value is -1.50. The molecule has 2 aromatic rings. The SMILES string of the molecule is Cl.NC1CCCC2CN(Cc3nc(-c4ccc(F)cc4)no3)CC12. The van der Waals surface area contributed by atoms with Crippen molar-refractivity contribution >= 4 is 12.4 Å². The molecule has 4 rings (SSSR count). The molecule has 0 amide bonds. The number of nitrogens with two attached hydrogens (primary N) is 1. The highest BCUT2D eigenvalue weighted by Crippen LogP contribution is 2.36. The number of nitrogens with zero attached hydrogens (tertiary/aromatic N) is 3. The minimum atomic E-state index is -0.270. The molecule has 0 bridgehead atoms. The zero-order valence-electron chi connectivity index (χ0n) is 13.4. The molecular formula is C17H22ClFN4O. The van der Waals surface area contributed by atoms with E-state index in [4.69, 9.17) is 10.3 Å². The Bertz CT molecular complexity index is 677. The maximum Gasteiger partial charge on any atom is 0.241 e. The van der Waals surface area contributed by atoms with Gasteiger partial charge in [-0.1, -0.05) is 11.6 Å². The average molecular weight is 353 g/mol. The molecule has 130 valence electrons. The molecule has 1 saturated carbocycles. The van der Waals surface area contributed by atoms with Crippen LogP contribution in [0, 0.1) is 17.7 Å². The fraction of sp³-hybridized carbons (Fsp3) is 0.529. The summed E-state index contributed by atoms with van der Waals surface area (Å²) in [5.41, 5.74) is 7.02. The van der Waals surface area contributed by atoms with Gasteiger partial charge < -0.3 is 10.3 Å². The van der Waals surface area contributed by atoms with E-state index in [0.29, 0.717) is 36.1 Å². The number of likely N-dealkylation sites (tertiary alicyclic amines) is 1. The number of hydrogen-bond donors (Lipinski definition) is 1. The number of hydrogen-bond acceptors (Lipinski definition) is 5. The van der Waals surface area contributed by atoms with Gasteiger partial charge in [-0.2, -0.15) is 4.98 Å². The summed E-state index contributed by atoms with van der Waals surface area (Å²) in [7, 11) is 0. The zero-order valence-corrected chi connectivity index (χ0v) is 14.2. The van der Waals surface area contributed by atoms with Crippen LogP contribution in [0.5, 0.6) is 0 Å². The zero-order chi connectivity index (χ0) is 15.8. The van der Waals surface area contributed by atoms with Crippen LogP contribution in [0.15, 0.2) is 28.8 Å². The minimum absolute atomic E-state index is 0. The molecule has 1 aliphatic heterocycles. The Morgan fingerprint density at radius 2 is 2.00 bits per heavy atom. The van der Waals surface area contributed by atoms with Gasteiger partial charge in [0, 0.05) is 24.7 Å². The molecule has 7 heteroatoms. The van der Waals surface area contributed by atoms with Crippen LogP contribution >= 0.6 is 12.4 Å². The number of rotatable bonds is 3. The van der Waals surface area contributed by atoms with E-state index in [1.165, 1.54) is 25.0 Å². The number of halogens is 2. The van der Waals surface area contributed by atoms with E-state index in [1.807, 2.05) is 0 Å². The molecular weight excluding hydrogens is 331 g/mol. The first-order chi connectivity index (χ1) is 11.2. The van der Waals surface area contributed by atoms with Crippen LogP contribution in [0.4, 0.5) is 4.39 Å². The Kier molecular flexibility index (Phi) is 5.18. The lowest BCUT2D eigenvalue weighted by Crippen LogP contribution is -2.38. The third-order valence-electron chi connectivity index (χ3n) is 5.16. The molecule has 2 aliphatic rings. The third kappa shape index (κ3) is 3.45. The monoisotopic (exact) mass is 352 g/mol. The van der Waals surface area contributed by atoms with E-state index in [-0.39, 0.29) is 18.2 Å². The average Bonchev–Trinajstić information content (AvgIpc) is 3.16. The van der Waals surface area contributed by atoms with Crippen molar-refractivity contribution < 1.29 is 8.91 Å². The predicted molar refractivity (Wildman–Crippen MR) is 91.0 cm³/mol. The smallest absolute Gasteiger partial charge is 0.241 e. The van der Waals surface area contributed by atoms with Crippen LogP contribution < -0.4 is 5.73 Å². The van der Waals surface area contributed by atoms with E-state index in [1.54, 1.807) is 12.1 Å². The molecule has 0 spiro atoms. The second kappa shape index (κ2) is 7.17. The van der Waals surface area contributed by atoms with Crippen molar-refractivity contribution in [3.05, 3.63) is 36.0 Å². The molecule has 5 nitrogen and oxygen atoms in total. The van der Waals surface area contributed by atoms with Crippen molar-refractivity contribution in [1.29, 1.82) is 0 Å². The molecule has 1 aromatic carbocycles. The lowest BCUT2D eigenvalue weighted by molar-refractivity contribution is 0.252. The van der Waals surface area contributed by atoms with Gasteiger partial charge >= 0.3 is 0 Å². The van der Waals surface area contributed by atoms with Crippen molar-refractivity contribution in [1.82, 2.24) is 15.0 Å². The van der Waals surface area contributed by atoms with Gasteiger partial charge in [-0.25, -0.2) is 4.39 Å². The fourth-order valence-electron chi connectivity index (χ4n) is 3.96. The van der Waals surface area contributed by atoms with Gasteiger partial charge in [-0.3, -0.25) is 4.90 Å². The first-order valence-electron chi connectivity index (χ1n) is 8.25. The van der Waals surface area contributed by atoms with Gasteiger partial charge in [-0.05, 0) is 48.9 Å². The molecule has 1 saturated heterocycles. The Morgan fingerprint density at radius 3 is 2.75 bits per heavy atom. The maximum atomic E-state index is 13.0. The largest absolute Gasteiger partial charge is 0.338 e. The summed E-state index contributed by atoms with van der Waals surface area (Å²) in [6, 6.07) is 6.45. The first kappa shape index (κ1) is 17.3. The van der Waals surface area contributed by atoms with E-state index in [2.05, 4.69) is 15.0 Å². The van der Waals surface area contributed by atoms with Crippen molar-refractivity contribution in [2.75, 3.05) is 13.1 Å². The quantitative estimate of drug-likeness (QED) is 0.919. The topological polar surface area (TPSA) is 68.2 Å². The van der Waals surface area contributed by atoms with E-state index in [9.17, 15) is 4.39 Å². The summed E-state index contributed by atoms with van der Waals surface area (Å²) >= 11 is 0. The number of benzene rings is 1. The van der Waals surface area contributed by atoms with Crippen molar-refractivity contribution in [2.24, 2.45) is 17.6 Å². The minimum Gasteiger partial charge on any atom is -0.338 e. The second-order valence-corrected chi connectivity index (χ2v) is 6.73. The first-order valence-corrected chi connectivity index (χ1v) is 8.25. The van der Waals surface area contributed by atoms with Crippen LogP contribution in [0.3, 0.4) is 0 Å². The van der Waals surface area contributed by atoms with E-state index in [0.717, 1.165) is 25.1 Å². The number of fused-ring (bicyclic) bond motifs is 1. The fourth-order valence-corrected chi connectivity index (χ4v) is 3.96. The van der Waals surface area contributed by atoms with Crippen LogP contribution in [0.25, 0.3) is 11.4 Å². The van der Waals surface area contributed by atoms with Crippen molar-refractivity contribution in [3.63, 3.8) is 0 Å². The summed E-state index contributed by atoms with van der Waals surface area (Å²) in [5.74, 6) is 2.15. The molecule has 2 heterocycles. The Morgan fingerprint density at radius 1 is 1.21 bits per heavy atom. The molecule has 3 atom stereocenters. The predicted octanol–water partition coefficient (Wildman–Crippen LogP) is 2.86. The number of aromatic nitrogens is 2. The van der Waals surface area contributed by atoms with Crippen LogP contribution in [0.2, 0.25) is 0 Å². The molecule has 24 heavy (non-hydrogen) atoms. The molecule has 3 unspecified atom stereocenters. The van der Waals surface area contributed by atoms with Gasteiger partial charge in [0.15, 0.2) is 0 Å². The highest BCUT2D eigenvalue weighted by atomic mass is 35.5. The molecule has 0 radical (unpaired) electrons. The molecule has 1 aromatic heterocycles. The molecule has 1 aliphatic carbocycles. The van der Waals surface area contributed by atoms with Crippen molar-refractivity contribution in [3.8, 4) is 11.4 Å². The van der Waals surface area contributed by atoms with Gasteiger partial charge in [0.1, 0.15) is 5.82 Å². The Balaban J connectivity index is 0.00000169. The lowest BCUT2D eigenvalue weighted by atomic mass is 9.78. The normalized spacial score (nSPS) is 26.8. The summed E-state index contributed by atoms with van der Waals surface area (Å²) in [4.78, 5) is 6.80. The summed E-state index contributed by atoms with van der Waals surface area (Å²) in [5, 5.41) is 4.00. The molecule has 2 fully saturated rings. The standard InChI is InChI=1S/C17H21FN4O.ClH/c18-13-6-4-11(5-7-13)17-20-16(23-21-17)10-22-8-12-2-1-3-15(19)14(12)9-22;/h4-7,12,14-15H,1-3,8-10,19H2;1H.